The first-order valence-corrected chi connectivity index (χ1v) is 5.55. The molecule has 2 nitrogen and oxygen atoms in total. The van der Waals surface area contributed by atoms with Crippen molar-refractivity contribution in [1.82, 2.24) is 5.32 Å². The van der Waals surface area contributed by atoms with Crippen LogP contribution in [0.2, 0.25) is 0 Å². The Bertz CT molecular complexity index is 171. The second-order valence-electron chi connectivity index (χ2n) is 4.95. The van der Waals surface area contributed by atoms with Crippen LogP contribution in [0, 0.1) is 11.3 Å². The van der Waals surface area contributed by atoms with Gasteiger partial charge >= 0.3 is 0 Å². The van der Waals surface area contributed by atoms with Crippen molar-refractivity contribution in [1.29, 1.82) is 0 Å². The highest BCUT2D eigenvalue weighted by Crippen LogP contribution is 2.44. The summed E-state index contributed by atoms with van der Waals surface area (Å²) in [5, 5.41) is 3.39. The molecule has 1 aliphatic carbocycles. The molecule has 1 N–H and O–H groups in total. The maximum atomic E-state index is 5.77. The van der Waals surface area contributed by atoms with Crippen LogP contribution in [-0.2, 0) is 4.74 Å². The van der Waals surface area contributed by atoms with E-state index in [4.69, 9.17) is 4.74 Å². The summed E-state index contributed by atoms with van der Waals surface area (Å²) in [4.78, 5) is 0. The molecule has 1 saturated heterocycles. The minimum atomic E-state index is 0.387. The molecule has 13 heavy (non-hydrogen) atoms. The summed E-state index contributed by atoms with van der Waals surface area (Å²) in [5.41, 5.74) is 0.516. The van der Waals surface area contributed by atoms with Crippen molar-refractivity contribution in [3.63, 3.8) is 0 Å². The molecule has 0 spiro atoms. The number of ether oxygens (including phenoxy) is 1. The molecule has 0 bridgehead atoms. The van der Waals surface area contributed by atoms with E-state index in [-0.39, 0.29) is 0 Å². The molecule has 1 saturated carbocycles. The van der Waals surface area contributed by atoms with E-state index in [1.54, 1.807) is 0 Å². The van der Waals surface area contributed by atoms with Crippen molar-refractivity contribution in [2.24, 2.45) is 11.3 Å². The van der Waals surface area contributed by atoms with Gasteiger partial charge in [0.15, 0.2) is 0 Å². The van der Waals surface area contributed by atoms with Crippen LogP contribution >= 0.6 is 0 Å². The maximum Gasteiger partial charge on any atom is 0.0552 e. The molecule has 0 atom stereocenters. The molecular weight excluding hydrogens is 162 g/mol. The molecule has 2 heteroatoms. The molecule has 0 amide bonds. The van der Waals surface area contributed by atoms with Crippen LogP contribution in [0.25, 0.3) is 0 Å². The molecular formula is C11H21NO. The van der Waals surface area contributed by atoms with Crippen molar-refractivity contribution >= 4 is 0 Å². The van der Waals surface area contributed by atoms with Crippen LogP contribution < -0.4 is 5.32 Å². The van der Waals surface area contributed by atoms with E-state index in [9.17, 15) is 0 Å². The summed E-state index contributed by atoms with van der Waals surface area (Å²) >= 11 is 0. The molecule has 2 rings (SSSR count). The van der Waals surface area contributed by atoms with Crippen LogP contribution in [0.4, 0.5) is 0 Å². The van der Waals surface area contributed by atoms with Gasteiger partial charge in [0.25, 0.3) is 0 Å². The van der Waals surface area contributed by atoms with Gasteiger partial charge in [0, 0.05) is 18.5 Å². The Labute approximate surface area is 81.0 Å². The fraction of sp³-hybridized carbons (Fsp3) is 1.00. The molecule has 0 aromatic carbocycles. The number of nitrogens with one attached hydrogen (secondary N) is 1. The number of hydrogen-bond donors (Lipinski definition) is 1. The Morgan fingerprint density at radius 2 is 2.08 bits per heavy atom. The molecule has 0 radical (unpaired) electrons. The fourth-order valence-electron chi connectivity index (χ4n) is 2.31. The highest BCUT2D eigenvalue weighted by molar-refractivity contribution is 5.00. The third kappa shape index (κ3) is 1.75. The Hall–Kier alpha value is -0.0800. The van der Waals surface area contributed by atoms with Crippen LogP contribution in [-0.4, -0.2) is 25.8 Å². The largest absolute Gasteiger partial charge is 0.378 e. The zero-order chi connectivity index (χ0) is 9.31. The quantitative estimate of drug-likeness (QED) is 0.717. The zero-order valence-corrected chi connectivity index (χ0v) is 8.81. The van der Waals surface area contributed by atoms with Crippen LogP contribution in [0.3, 0.4) is 0 Å². The SMILES string of the molecule is CC(C)OCC1(C2CCC2)CNC1. The van der Waals surface area contributed by atoms with Crippen molar-refractivity contribution in [3.8, 4) is 0 Å². The predicted octanol–water partition coefficient (Wildman–Crippen LogP) is 1.80. The number of hydrogen-bond acceptors (Lipinski definition) is 2. The fourth-order valence-corrected chi connectivity index (χ4v) is 2.31. The van der Waals surface area contributed by atoms with E-state index < -0.39 is 0 Å². The van der Waals surface area contributed by atoms with Crippen molar-refractivity contribution in [2.45, 2.75) is 39.2 Å². The monoisotopic (exact) mass is 183 g/mol. The van der Waals surface area contributed by atoms with E-state index in [2.05, 4.69) is 19.2 Å². The highest BCUT2D eigenvalue weighted by atomic mass is 16.5. The maximum absolute atomic E-state index is 5.77. The van der Waals surface area contributed by atoms with Crippen LogP contribution in [0.15, 0.2) is 0 Å². The van der Waals surface area contributed by atoms with Gasteiger partial charge in [0.2, 0.25) is 0 Å². The minimum absolute atomic E-state index is 0.387. The Kier molecular flexibility index (Phi) is 2.61. The van der Waals surface area contributed by atoms with Gasteiger partial charge in [-0.15, -0.1) is 0 Å². The molecule has 0 aromatic rings. The van der Waals surface area contributed by atoms with Crippen molar-refractivity contribution < 1.29 is 4.74 Å². The summed E-state index contributed by atoms with van der Waals surface area (Å²) in [6.07, 6.45) is 4.69. The van der Waals surface area contributed by atoms with Gasteiger partial charge in [0.05, 0.1) is 12.7 Å². The van der Waals surface area contributed by atoms with E-state index in [1.807, 2.05) is 0 Å². The van der Waals surface area contributed by atoms with Gasteiger partial charge in [-0.05, 0) is 32.6 Å². The van der Waals surface area contributed by atoms with Gasteiger partial charge in [-0.25, -0.2) is 0 Å². The summed E-state index contributed by atoms with van der Waals surface area (Å²) in [7, 11) is 0. The lowest BCUT2D eigenvalue weighted by Gasteiger charge is -2.52. The normalized spacial score (nSPS) is 27.0. The van der Waals surface area contributed by atoms with Gasteiger partial charge in [-0.3, -0.25) is 0 Å². The highest BCUT2D eigenvalue weighted by Gasteiger charge is 2.46. The van der Waals surface area contributed by atoms with E-state index in [0.29, 0.717) is 11.5 Å². The van der Waals surface area contributed by atoms with E-state index >= 15 is 0 Å². The summed E-state index contributed by atoms with van der Waals surface area (Å²) in [5.74, 6) is 0.951. The topological polar surface area (TPSA) is 21.3 Å². The average Bonchev–Trinajstić information content (AvgIpc) is 1.89. The second-order valence-corrected chi connectivity index (χ2v) is 4.95. The lowest BCUT2D eigenvalue weighted by molar-refractivity contribution is -0.0719. The first kappa shape index (κ1) is 9.47. The lowest BCUT2D eigenvalue weighted by atomic mass is 9.62. The number of rotatable bonds is 4. The molecule has 1 aliphatic heterocycles. The second kappa shape index (κ2) is 3.58. The van der Waals surface area contributed by atoms with E-state index in [1.165, 1.54) is 32.4 Å². The molecule has 2 aliphatic rings. The third-order valence-electron chi connectivity index (χ3n) is 3.63. The van der Waals surface area contributed by atoms with Crippen molar-refractivity contribution in [3.05, 3.63) is 0 Å². The Balaban J connectivity index is 1.83. The van der Waals surface area contributed by atoms with Gasteiger partial charge in [-0.1, -0.05) is 6.42 Å². The minimum Gasteiger partial charge on any atom is -0.378 e. The van der Waals surface area contributed by atoms with Crippen molar-refractivity contribution in [2.75, 3.05) is 19.7 Å². The summed E-state index contributed by atoms with van der Waals surface area (Å²) in [6.45, 7) is 7.60. The predicted molar refractivity (Wildman–Crippen MR) is 53.7 cm³/mol. The standard InChI is InChI=1S/C11H21NO/c1-9(2)13-8-11(6-12-7-11)10-4-3-5-10/h9-10,12H,3-8H2,1-2H3. The first-order valence-electron chi connectivity index (χ1n) is 5.55. The first-order chi connectivity index (χ1) is 6.23. The molecule has 0 aromatic heterocycles. The van der Waals surface area contributed by atoms with Gasteiger partial charge < -0.3 is 10.1 Å². The van der Waals surface area contributed by atoms with Gasteiger partial charge in [-0.2, -0.15) is 0 Å². The zero-order valence-electron chi connectivity index (χ0n) is 8.81. The molecule has 2 fully saturated rings. The smallest absolute Gasteiger partial charge is 0.0552 e. The molecule has 76 valence electrons. The molecule has 1 heterocycles. The Morgan fingerprint density at radius 3 is 2.38 bits per heavy atom. The summed E-state index contributed by atoms with van der Waals surface area (Å²) < 4.78 is 5.77. The van der Waals surface area contributed by atoms with Crippen LogP contribution in [0.5, 0.6) is 0 Å². The molecule has 0 unspecified atom stereocenters. The van der Waals surface area contributed by atoms with Crippen LogP contribution in [0.1, 0.15) is 33.1 Å². The van der Waals surface area contributed by atoms with Gasteiger partial charge in [0.1, 0.15) is 0 Å². The van der Waals surface area contributed by atoms with E-state index in [0.717, 1.165) is 12.5 Å². The lowest BCUT2D eigenvalue weighted by Crippen LogP contribution is -2.61. The average molecular weight is 183 g/mol. The third-order valence-corrected chi connectivity index (χ3v) is 3.63. The Morgan fingerprint density at radius 1 is 1.38 bits per heavy atom. The summed E-state index contributed by atoms with van der Waals surface area (Å²) in [6, 6.07) is 0.